The van der Waals surface area contributed by atoms with Crippen molar-refractivity contribution in [2.75, 3.05) is 33.4 Å². The van der Waals surface area contributed by atoms with Crippen molar-refractivity contribution in [1.82, 2.24) is 15.6 Å². The van der Waals surface area contributed by atoms with Crippen LogP contribution in [0.25, 0.3) is 0 Å². The maximum atomic E-state index is 5.82. The van der Waals surface area contributed by atoms with Gasteiger partial charge in [-0.3, -0.25) is 0 Å². The number of guanidine groups is 1. The van der Waals surface area contributed by atoms with E-state index in [1.54, 1.807) is 19.4 Å². The summed E-state index contributed by atoms with van der Waals surface area (Å²) in [5.41, 5.74) is 2.23. The molecule has 6 nitrogen and oxygen atoms in total. The van der Waals surface area contributed by atoms with Crippen molar-refractivity contribution in [3.63, 3.8) is 0 Å². The Kier molecular flexibility index (Phi) is 10.2. The molecule has 0 saturated heterocycles. The zero-order valence-electron chi connectivity index (χ0n) is 16.6. The van der Waals surface area contributed by atoms with Gasteiger partial charge >= 0.3 is 0 Å². The third-order valence-corrected chi connectivity index (χ3v) is 4.14. The van der Waals surface area contributed by atoms with E-state index in [1.165, 1.54) is 0 Å². The predicted octanol–water partition coefficient (Wildman–Crippen LogP) is 3.45. The maximum Gasteiger partial charge on any atom is 0.191 e. The third-order valence-electron chi connectivity index (χ3n) is 3.92. The Labute approximate surface area is 172 Å². The summed E-state index contributed by atoms with van der Waals surface area (Å²) in [6.45, 7) is 5.54. The minimum absolute atomic E-state index is 0.511. The Morgan fingerprint density at radius 3 is 2.79 bits per heavy atom. The molecule has 0 radical (unpaired) electrons. The molecule has 28 heavy (non-hydrogen) atoms. The number of hydrogen-bond donors (Lipinski definition) is 2. The molecule has 0 aliphatic rings. The van der Waals surface area contributed by atoms with Crippen LogP contribution in [0.2, 0.25) is 5.15 Å². The first-order valence-electron chi connectivity index (χ1n) is 9.54. The molecule has 1 heterocycles. The molecule has 0 atom stereocenters. The molecule has 2 N–H and O–H groups in total. The quantitative estimate of drug-likeness (QED) is 0.260. The van der Waals surface area contributed by atoms with Gasteiger partial charge in [-0.1, -0.05) is 29.8 Å². The van der Waals surface area contributed by atoms with Gasteiger partial charge in [0.25, 0.3) is 0 Å². The van der Waals surface area contributed by atoms with E-state index in [1.807, 2.05) is 24.3 Å². The number of rotatable bonds is 11. The number of aromatic nitrogens is 1. The zero-order chi connectivity index (χ0) is 20.0. The average molecular weight is 405 g/mol. The van der Waals surface area contributed by atoms with Gasteiger partial charge in [0.1, 0.15) is 10.9 Å². The highest BCUT2D eigenvalue weighted by atomic mass is 35.5. The number of hydrogen-bond acceptors (Lipinski definition) is 4. The first-order valence-corrected chi connectivity index (χ1v) is 9.92. The second-order valence-electron chi connectivity index (χ2n) is 6.20. The molecule has 0 aliphatic carbocycles. The number of halogens is 1. The van der Waals surface area contributed by atoms with Crippen LogP contribution >= 0.6 is 11.6 Å². The lowest BCUT2D eigenvalue weighted by Crippen LogP contribution is -2.38. The van der Waals surface area contributed by atoms with Crippen LogP contribution in [0.1, 0.15) is 24.5 Å². The van der Waals surface area contributed by atoms with Gasteiger partial charge in [0.05, 0.1) is 13.2 Å². The van der Waals surface area contributed by atoms with Crippen LogP contribution in [0.15, 0.2) is 47.6 Å². The lowest BCUT2D eigenvalue weighted by atomic mass is 10.2. The van der Waals surface area contributed by atoms with Crippen LogP contribution in [0, 0.1) is 0 Å². The Hall–Kier alpha value is -2.31. The lowest BCUT2D eigenvalue weighted by molar-refractivity contribution is 0.172. The Balaban J connectivity index is 1.84. The van der Waals surface area contributed by atoms with E-state index < -0.39 is 0 Å². The number of benzene rings is 1. The average Bonchev–Trinajstić information content (AvgIpc) is 2.71. The summed E-state index contributed by atoms with van der Waals surface area (Å²) in [6.07, 6.45) is 3.52. The second-order valence-corrected chi connectivity index (χ2v) is 6.59. The van der Waals surface area contributed by atoms with Crippen molar-refractivity contribution in [3.8, 4) is 5.75 Å². The Morgan fingerprint density at radius 2 is 2.04 bits per heavy atom. The third kappa shape index (κ3) is 8.59. The summed E-state index contributed by atoms with van der Waals surface area (Å²) in [5, 5.41) is 7.13. The number of pyridine rings is 1. The first kappa shape index (κ1) is 22.0. The van der Waals surface area contributed by atoms with Gasteiger partial charge in [0, 0.05) is 39.4 Å². The molecule has 0 spiro atoms. The predicted molar refractivity (Wildman–Crippen MR) is 114 cm³/mol. The summed E-state index contributed by atoms with van der Waals surface area (Å²) in [6, 6.07) is 11.8. The van der Waals surface area contributed by atoms with Crippen LogP contribution < -0.4 is 15.4 Å². The van der Waals surface area contributed by atoms with Crippen molar-refractivity contribution >= 4 is 17.6 Å². The van der Waals surface area contributed by atoms with E-state index in [9.17, 15) is 0 Å². The van der Waals surface area contributed by atoms with E-state index in [2.05, 4.69) is 33.6 Å². The number of methoxy groups -OCH3 is 1. The molecule has 0 amide bonds. The molecular weight excluding hydrogens is 376 g/mol. The van der Waals surface area contributed by atoms with E-state index in [0.29, 0.717) is 24.9 Å². The van der Waals surface area contributed by atoms with Gasteiger partial charge < -0.3 is 20.1 Å². The van der Waals surface area contributed by atoms with Crippen molar-refractivity contribution in [1.29, 1.82) is 0 Å². The molecular formula is C21H29ClN4O2. The first-order chi connectivity index (χ1) is 13.7. The summed E-state index contributed by atoms with van der Waals surface area (Å²) in [7, 11) is 1.70. The highest BCUT2D eigenvalue weighted by Crippen LogP contribution is 2.14. The number of ether oxygens (including phenoxy) is 2. The fraction of sp³-hybridized carbons (Fsp3) is 0.429. The highest BCUT2D eigenvalue weighted by molar-refractivity contribution is 6.29. The number of aliphatic imine (C=N–C) groups is 1. The normalized spacial score (nSPS) is 11.3. The monoisotopic (exact) mass is 404 g/mol. The molecule has 0 bridgehead atoms. The van der Waals surface area contributed by atoms with Crippen LogP contribution in [-0.2, 0) is 17.7 Å². The molecule has 152 valence electrons. The summed E-state index contributed by atoms with van der Waals surface area (Å²) < 4.78 is 10.8. The van der Waals surface area contributed by atoms with Gasteiger partial charge in [-0.25, -0.2) is 9.98 Å². The van der Waals surface area contributed by atoms with Crippen molar-refractivity contribution in [2.45, 2.75) is 26.3 Å². The van der Waals surface area contributed by atoms with E-state index >= 15 is 0 Å². The van der Waals surface area contributed by atoms with Crippen LogP contribution in [0.3, 0.4) is 0 Å². The minimum Gasteiger partial charge on any atom is -0.493 e. The molecule has 0 fully saturated rings. The summed E-state index contributed by atoms with van der Waals surface area (Å²) in [5.74, 6) is 1.65. The standard InChI is InChI=1S/C21H29ClN4O2/c1-3-23-21(24-11-10-17-8-9-20(22)25-15-17)26-16-18-6-4-7-19(14-18)28-13-5-12-27-2/h4,6-9,14-15H,3,5,10-13,16H2,1-2H3,(H2,23,24,26). The molecule has 2 aromatic rings. The highest BCUT2D eigenvalue weighted by Gasteiger charge is 2.01. The Morgan fingerprint density at radius 1 is 1.14 bits per heavy atom. The number of nitrogens with one attached hydrogen (secondary N) is 2. The second kappa shape index (κ2) is 13.0. The molecule has 2 rings (SSSR count). The topological polar surface area (TPSA) is 67.8 Å². The fourth-order valence-electron chi connectivity index (χ4n) is 2.52. The summed E-state index contributed by atoms with van der Waals surface area (Å²) in [4.78, 5) is 8.76. The maximum absolute atomic E-state index is 5.82. The summed E-state index contributed by atoms with van der Waals surface area (Å²) >= 11 is 5.82. The van der Waals surface area contributed by atoms with Gasteiger partial charge in [0.2, 0.25) is 0 Å². The molecule has 1 aromatic heterocycles. The van der Waals surface area contributed by atoms with Gasteiger partial charge in [-0.05, 0) is 42.7 Å². The van der Waals surface area contributed by atoms with Crippen molar-refractivity contribution in [2.24, 2.45) is 4.99 Å². The van der Waals surface area contributed by atoms with E-state index in [-0.39, 0.29) is 0 Å². The molecule has 7 heteroatoms. The van der Waals surface area contributed by atoms with Crippen LogP contribution in [0.5, 0.6) is 5.75 Å². The minimum atomic E-state index is 0.511. The SMILES string of the molecule is CCNC(=NCc1cccc(OCCCOC)c1)NCCc1ccc(Cl)nc1. The molecule has 0 saturated carbocycles. The molecule has 1 aromatic carbocycles. The van der Waals surface area contributed by atoms with Crippen molar-refractivity contribution < 1.29 is 9.47 Å². The van der Waals surface area contributed by atoms with Gasteiger partial charge in [0.15, 0.2) is 5.96 Å². The Bertz CT molecular complexity index is 723. The van der Waals surface area contributed by atoms with Crippen LogP contribution in [0.4, 0.5) is 0 Å². The largest absolute Gasteiger partial charge is 0.493 e. The van der Waals surface area contributed by atoms with Crippen LogP contribution in [-0.4, -0.2) is 44.4 Å². The van der Waals surface area contributed by atoms with Gasteiger partial charge in [-0.2, -0.15) is 0 Å². The fourth-order valence-corrected chi connectivity index (χ4v) is 2.63. The molecule has 0 aliphatic heterocycles. The lowest BCUT2D eigenvalue weighted by Gasteiger charge is -2.12. The van der Waals surface area contributed by atoms with E-state index in [0.717, 1.165) is 48.8 Å². The van der Waals surface area contributed by atoms with Gasteiger partial charge in [-0.15, -0.1) is 0 Å². The molecule has 0 unspecified atom stereocenters. The zero-order valence-corrected chi connectivity index (χ0v) is 17.3. The van der Waals surface area contributed by atoms with E-state index in [4.69, 9.17) is 21.1 Å². The van der Waals surface area contributed by atoms with Crippen molar-refractivity contribution in [3.05, 3.63) is 58.9 Å². The smallest absolute Gasteiger partial charge is 0.191 e. The number of nitrogens with zero attached hydrogens (tertiary/aromatic N) is 2.